The highest BCUT2D eigenvalue weighted by atomic mass is 16.5. The minimum Gasteiger partial charge on any atom is -0.492 e. The molecule has 0 radical (unpaired) electrons. The lowest BCUT2D eigenvalue weighted by Crippen LogP contribution is -2.48. The van der Waals surface area contributed by atoms with Gasteiger partial charge < -0.3 is 9.84 Å². The molecule has 1 aliphatic heterocycles. The molecule has 0 spiro atoms. The van der Waals surface area contributed by atoms with Crippen LogP contribution in [0.2, 0.25) is 0 Å². The lowest BCUT2D eigenvalue weighted by Gasteiger charge is -2.35. The van der Waals surface area contributed by atoms with E-state index in [4.69, 9.17) is 4.74 Å². The fourth-order valence-corrected chi connectivity index (χ4v) is 3.14. The summed E-state index contributed by atoms with van der Waals surface area (Å²) < 4.78 is 5.77. The Kier molecular flexibility index (Phi) is 6.45. The van der Waals surface area contributed by atoms with Crippen LogP contribution in [0.1, 0.15) is 17.2 Å². The first-order valence-corrected chi connectivity index (χ1v) is 9.08. The second kappa shape index (κ2) is 8.99. The summed E-state index contributed by atoms with van der Waals surface area (Å²) in [6, 6.07) is 18.1. The van der Waals surface area contributed by atoms with E-state index in [2.05, 4.69) is 28.9 Å². The molecule has 1 heterocycles. The van der Waals surface area contributed by atoms with Gasteiger partial charge in [-0.2, -0.15) is 0 Å². The van der Waals surface area contributed by atoms with Gasteiger partial charge in [0.25, 0.3) is 0 Å². The molecule has 1 N–H and O–H groups in total. The minimum absolute atomic E-state index is 0.409. The SMILES string of the molecule is Cc1ccc(C(O)CN2CCN(CCOc3ccccc3)CC2)cc1. The number of hydrogen-bond acceptors (Lipinski definition) is 4. The summed E-state index contributed by atoms with van der Waals surface area (Å²) in [5, 5.41) is 10.4. The standard InChI is InChI=1S/C21H28N2O2/c1-18-7-9-19(10-8-18)21(24)17-23-13-11-22(12-14-23)15-16-25-20-5-3-2-4-6-20/h2-10,21,24H,11-17H2,1H3. The first kappa shape index (κ1) is 17.9. The van der Waals surface area contributed by atoms with E-state index in [0.29, 0.717) is 6.54 Å². The van der Waals surface area contributed by atoms with E-state index in [-0.39, 0.29) is 0 Å². The van der Waals surface area contributed by atoms with Crippen molar-refractivity contribution in [2.45, 2.75) is 13.0 Å². The highest BCUT2D eigenvalue weighted by Gasteiger charge is 2.19. The van der Waals surface area contributed by atoms with Crippen molar-refractivity contribution in [2.75, 3.05) is 45.9 Å². The fraction of sp³-hybridized carbons (Fsp3) is 0.429. The van der Waals surface area contributed by atoms with Gasteiger partial charge in [-0.15, -0.1) is 0 Å². The van der Waals surface area contributed by atoms with Gasteiger partial charge in [0.15, 0.2) is 0 Å². The van der Waals surface area contributed by atoms with Gasteiger partial charge in [0.1, 0.15) is 12.4 Å². The van der Waals surface area contributed by atoms with Crippen molar-refractivity contribution in [3.8, 4) is 5.75 Å². The van der Waals surface area contributed by atoms with Crippen LogP contribution in [0.25, 0.3) is 0 Å². The largest absolute Gasteiger partial charge is 0.492 e. The van der Waals surface area contributed by atoms with Gasteiger partial charge in [0.05, 0.1) is 6.10 Å². The third-order valence-electron chi connectivity index (χ3n) is 4.78. The smallest absolute Gasteiger partial charge is 0.119 e. The Hall–Kier alpha value is -1.88. The average molecular weight is 340 g/mol. The quantitative estimate of drug-likeness (QED) is 0.841. The Bertz CT molecular complexity index is 622. The van der Waals surface area contributed by atoms with Gasteiger partial charge in [-0.05, 0) is 24.6 Å². The molecule has 25 heavy (non-hydrogen) atoms. The number of β-amino-alcohol motifs (C(OH)–C–C–N with tert-alkyl or cyclic N) is 1. The summed E-state index contributed by atoms with van der Waals surface area (Å²) in [5.41, 5.74) is 2.23. The number of rotatable bonds is 7. The van der Waals surface area contributed by atoms with Crippen molar-refractivity contribution < 1.29 is 9.84 Å². The molecule has 0 bridgehead atoms. The molecule has 1 saturated heterocycles. The molecular weight excluding hydrogens is 312 g/mol. The zero-order chi connectivity index (χ0) is 17.5. The Morgan fingerprint density at radius 2 is 1.56 bits per heavy atom. The van der Waals surface area contributed by atoms with Crippen LogP contribution in [0.5, 0.6) is 5.75 Å². The van der Waals surface area contributed by atoms with Crippen LogP contribution in [0.4, 0.5) is 0 Å². The highest BCUT2D eigenvalue weighted by molar-refractivity contribution is 5.23. The molecule has 0 aliphatic carbocycles. The molecule has 0 amide bonds. The molecule has 2 aromatic carbocycles. The zero-order valence-electron chi connectivity index (χ0n) is 15.0. The molecule has 2 aromatic rings. The number of hydrogen-bond donors (Lipinski definition) is 1. The van der Waals surface area contributed by atoms with Crippen LogP contribution in [-0.4, -0.2) is 60.8 Å². The Labute approximate surface area is 150 Å². The normalized spacial score (nSPS) is 17.4. The molecule has 4 heteroatoms. The minimum atomic E-state index is -0.409. The van der Waals surface area contributed by atoms with E-state index in [1.807, 2.05) is 42.5 Å². The molecule has 4 nitrogen and oxygen atoms in total. The summed E-state index contributed by atoms with van der Waals surface area (Å²) >= 11 is 0. The van der Waals surface area contributed by atoms with Gasteiger partial charge in [0, 0.05) is 39.3 Å². The van der Waals surface area contributed by atoms with Crippen molar-refractivity contribution in [3.63, 3.8) is 0 Å². The van der Waals surface area contributed by atoms with Gasteiger partial charge in [-0.1, -0.05) is 48.0 Å². The lowest BCUT2D eigenvalue weighted by atomic mass is 10.1. The van der Waals surface area contributed by atoms with E-state index in [9.17, 15) is 5.11 Å². The Morgan fingerprint density at radius 3 is 2.24 bits per heavy atom. The molecule has 0 aromatic heterocycles. The predicted molar refractivity (Wildman–Crippen MR) is 101 cm³/mol. The van der Waals surface area contributed by atoms with E-state index in [0.717, 1.165) is 50.6 Å². The average Bonchev–Trinajstić information content (AvgIpc) is 2.64. The molecule has 134 valence electrons. The monoisotopic (exact) mass is 340 g/mol. The molecule has 1 aliphatic rings. The maximum Gasteiger partial charge on any atom is 0.119 e. The maximum atomic E-state index is 10.4. The topological polar surface area (TPSA) is 35.9 Å². The number of nitrogens with zero attached hydrogens (tertiary/aromatic N) is 2. The first-order chi connectivity index (χ1) is 12.2. The molecular formula is C21H28N2O2. The number of aliphatic hydroxyl groups is 1. The Balaban J connectivity index is 1.36. The van der Waals surface area contributed by atoms with E-state index in [1.54, 1.807) is 0 Å². The highest BCUT2D eigenvalue weighted by Crippen LogP contribution is 2.16. The van der Waals surface area contributed by atoms with Crippen molar-refractivity contribution in [2.24, 2.45) is 0 Å². The summed E-state index contributed by atoms with van der Waals surface area (Å²) in [6.45, 7) is 8.48. The maximum absolute atomic E-state index is 10.4. The number of aryl methyl sites for hydroxylation is 1. The van der Waals surface area contributed by atoms with E-state index < -0.39 is 6.10 Å². The molecule has 1 atom stereocenters. The predicted octanol–water partition coefficient (Wildman–Crippen LogP) is 2.73. The van der Waals surface area contributed by atoms with Crippen LogP contribution in [-0.2, 0) is 0 Å². The van der Waals surface area contributed by atoms with Crippen LogP contribution >= 0.6 is 0 Å². The van der Waals surface area contributed by atoms with Gasteiger partial charge in [-0.25, -0.2) is 0 Å². The summed E-state index contributed by atoms with van der Waals surface area (Å²) in [7, 11) is 0. The van der Waals surface area contributed by atoms with Crippen LogP contribution < -0.4 is 4.74 Å². The van der Waals surface area contributed by atoms with Gasteiger partial charge >= 0.3 is 0 Å². The summed E-state index contributed by atoms with van der Waals surface area (Å²) in [4.78, 5) is 4.77. The summed E-state index contributed by atoms with van der Waals surface area (Å²) in [5.74, 6) is 0.933. The van der Waals surface area contributed by atoms with E-state index >= 15 is 0 Å². The first-order valence-electron chi connectivity index (χ1n) is 9.08. The van der Waals surface area contributed by atoms with Crippen LogP contribution in [0.3, 0.4) is 0 Å². The summed E-state index contributed by atoms with van der Waals surface area (Å²) in [6.07, 6.45) is -0.409. The van der Waals surface area contributed by atoms with Crippen molar-refractivity contribution in [3.05, 3.63) is 65.7 Å². The number of benzene rings is 2. The van der Waals surface area contributed by atoms with Crippen LogP contribution in [0, 0.1) is 6.92 Å². The van der Waals surface area contributed by atoms with E-state index in [1.165, 1.54) is 5.56 Å². The molecule has 1 fully saturated rings. The van der Waals surface area contributed by atoms with Crippen molar-refractivity contribution >= 4 is 0 Å². The van der Waals surface area contributed by atoms with Crippen molar-refractivity contribution in [1.29, 1.82) is 0 Å². The number of piperazine rings is 1. The molecule has 3 rings (SSSR count). The number of para-hydroxylation sites is 1. The molecule has 1 unspecified atom stereocenters. The zero-order valence-corrected chi connectivity index (χ0v) is 15.0. The van der Waals surface area contributed by atoms with Gasteiger partial charge in [0.2, 0.25) is 0 Å². The number of ether oxygens (including phenoxy) is 1. The lowest BCUT2D eigenvalue weighted by molar-refractivity contribution is 0.0676. The third-order valence-corrected chi connectivity index (χ3v) is 4.78. The van der Waals surface area contributed by atoms with Crippen LogP contribution in [0.15, 0.2) is 54.6 Å². The third kappa shape index (κ3) is 5.56. The second-order valence-electron chi connectivity index (χ2n) is 6.73. The van der Waals surface area contributed by atoms with Gasteiger partial charge in [-0.3, -0.25) is 9.80 Å². The Morgan fingerprint density at radius 1 is 0.920 bits per heavy atom. The molecule has 0 saturated carbocycles. The number of aliphatic hydroxyl groups excluding tert-OH is 1. The fourth-order valence-electron chi connectivity index (χ4n) is 3.14. The second-order valence-corrected chi connectivity index (χ2v) is 6.73. The van der Waals surface area contributed by atoms with Crippen molar-refractivity contribution in [1.82, 2.24) is 9.80 Å².